The number of thiazole rings is 1. The van der Waals surface area contributed by atoms with E-state index in [1.54, 1.807) is 22.7 Å². The molecule has 0 saturated carbocycles. The SMILES string of the molecule is Cc1cscc1-c1ncc(C(C)N)s1. The van der Waals surface area contributed by atoms with Crippen LogP contribution in [-0.2, 0) is 0 Å². The summed E-state index contributed by atoms with van der Waals surface area (Å²) in [6.07, 6.45) is 1.88. The van der Waals surface area contributed by atoms with E-state index in [4.69, 9.17) is 5.73 Å². The molecule has 1 unspecified atom stereocenters. The summed E-state index contributed by atoms with van der Waals surface area (Å²) < 4.78 is 0. The lowest BCUT2D eigenvalue weighted by Gasteiger charge is -1.97. The predicted molar refractivity (Wildman–Crippen MR) is 62.8 cm³/mol. The molecule has 2 aromatic heterocycles. The van der Waals surface area contributed by atoms with Gasteiger partial charge >= 0.3 is 0 Å². The van der Waals surface area contributed by atoms with Gasteiger partial charge in [0.1, 0.15) is 5.01 Å². The first-order chi connectivity index (χ1) is 6.68. The summed E-state index contributed by atoms with van der Waals surface area (Å²) in [5.74, 6) is 0. The van der Waals surface area contributed by atoms with Crippen LogP contribution in [0.15, 0.2) is 17.0 Å². The standard InChI is InChI=1S/C10H12N2S2/c1-6-4-13-5-8(6)10-12-3-9(14-10)7(2)11/h3-5,7H,11H2,1-2H3. The lowest BCUT2D eigenvalue weighted by atomic mass is 10.2. The van der Waals surface area contributed by atoms with Crippen LogP contribution in [0.4, 0.5) is 0 Å². The molecule has 2 rings (SSSR count). The molecule has 0 saturated heterocycles. The molecule has 2 N–H and O–H groups in total. The molecular formula is C10H12N2S2. The highest BCUT2D eigenvalue weighted by Gasteiger charge is 2.09. The molecule has 2 heterocycles. The second kappa shape index (κ2) is 3.81. The maximum absolute atomic E-state index is 5.79. The third-order valence-electron chi connectivity index (χ3n) is 2.06. The summed E-state index contributed by atoms with van der Waals surface area (Å²) in [5.41, 5.74) is 8.33. The second-order valence-electron chi connectivity index (χ2n) is 3.32. The van der Waals surface area contributed by atoms with Gasteiger partial charge in [-0.2, -0.15) is 11.3 Å². The van der Waals surface area contributed by atoms with Crippen LogP contribution in [0.25, 0.3) is 10.6 Å². The first-order valence-corrected chi connectivity index (χ1v) is 6.19. The van der Waals surface area contributed by atoms with Gasteiger partial charge in [-0.05, 0) is 24.8 Å². The molecule has 2 nitrogen and oxygen atoms in total. The van der Waals surface area contributed by atoms with Gasteiger partial charge in [0.2, 0.25) is 0 Å². The number of rotatable bonds is 2. The fourth-order valence-electron chi connectivity index (χ4n) is 1.20. The summed E-state index contributed by atoms with van der Waals surface area (Å²) in [6, 6.07) is 0.0835. The quantitative estimate of drug-likeness (QED) is 0.850. The Labute approximate surface area is 91.4 Å². The van der Waals surface area contributed by atoms with Gasteiger partial charge in [-0.1, -0.05) is 0 Å². The van der Waals surface area contributed by atoms with Crippen molar-refractivity contribution in [1.82, 2.24) is 4.98 Å². The van der Waals surface area contributed by atoms with E-state index in [9.17, 15) is 0 Å². The summed E-state index contributed by atoms with van der Waals surface area (Å²) >= 11 is 3.40. The number of nitrogens with two attached hydrogens (primary N) is 1. The minimum atomic E-state index is 0.0835. The van der Waals surface area contributed by atoms with Crippen molar-refractivity contribution < 1.29 is 0 Å². The Bertz CT molecular complexity index is 429. The van der Waals surface area contributed by atoms with E-state index in [1.807, 2.05) is 13.1 Å². The zero-order valence-electron chi connectivity index (χ0n) is 8.15. The van der Waals surface area contributed by atoms with Crippen molar-refractivity contribution in [2.24, 2.45) is 5.73 Å². The van der Waals surface area contributed by atoms with E-state index in [2.05, 4.69) is 22.7 Å². The lowest BCUT2D eigenvalue weighted by Crippen LogP contribution is -2.01. The van der Waals surface area contributed by atoms with Crippen LogP contribution in [0.5, 0.6) is 0 Å². The van der Waals surface area contributed by atoms with Gasteiger partial charge < -0.3 is 5.73 Å². The van der Waals surface area contributed by atoms with E-state index in [1.165, 1.54) is 11.1 Å². The molecule has 0 aromatic carbocycles. The minimum Gasteiger partial charge on any atom is -0.323 e. The summed E-state index contributed by atoms with van der Waals surface area (Å²) in [7, 11) is 0. The Balaban J connectivity index is 2.39. The molecule has 0 aliphatic heterocycles. The van der Waals surface area contributed by atoms with Crippen LogP contribution in [0.1, 0.15) is 23.4 Å². The first kappa shape index (κ1) is 9.83. The molecule has 0 spiro atoms. The third kappa shape index (κ3) is 1.73. The normalized spacial score (nSPS) is 13.1. The molecule has 0 fully saturated rings. The maximum atomic E-state index is 5.79. The Hall–Kier alpha value is -0.710. The Kier molecular flexibility index (Phi) is 2.67. The average Bonchev–Trinajstić information content (AvgIpc) is 2.71. The largest absolute Gasteiger partial charge is 0.323 e. The monoisotopic (exact) mass is 224 g/mol. The average molecular weight is 224 g/mol. The number of nitrogens with zero attached hydrogens (tertiary/aromatic N) is 1. The van der Waals surface area contributed by atoms with E-state index in [-0.39, 0.29) is 6.04 Å². The van der Waals surface area contributed by atoms with Gasteiger partial charge in [0.05, 0.1) is 0 Å². The molecule has 0 aliphatic carbocycles. The highest BCUT2D eigenvalue weighted by molar-refractivity contribution is 7.15. The molecule has 0 amide bonds. The second-order valence-corrected chi connectivity index (χ2v) is 5.13. The number of aryl methyl sites for hydroxylation is 1. The van der Waals surface area contributed by atoms with Crippen LogP contribution >= 0.6 is 22.7 Å². The minimum absolute atomic E-state index is 0.0835. The lowest BCUT2D eigenvalue weighted by molar-refractivity contribution is 0.835. The highest BCUT2D eigenvalue weighted by Crippen LogP contribution is 2.31. The summed E-state index contributed by atoms with van der Waals surface area (Å²) in [6.45, 7) is 4.09. The molecule has 0 radical (unpaired) electrons. The van der Waals surface area contributed by atoms with Gasteiger partial charge in [-0.25, -0.2) is 4.98 Å². The van der Waals surface area contributed by atoms with E-state index >= 15 is 0 Å². The van der Waals surface area contributed by atoms with Crippen molar-refractivity contribution in [2.75, 3.05) is 0 Å². The highest BCUT2D eigenvalue weighted by atomic mass is 32.1. The van der Waals surface area contributed by atoms with Gasteiger partial charge in [0.15, 0.2) is 0 Å². The van der Waals surface area contributed by atoms with Crippen molar-refractivity contribution in [3.05, 3.63) is 27.4 Å². The fraction of sp³-hybridized carbons (Fsp3) is 0.300. The molecule has 0 aliphatic rings. The number of aromatic nitrogens is 1. The zero-order valence-corrected chi connectivity index (χ0v) is 9.78. The number of hydrogen-bond acceptors (Lipinski definition) is 4. The van der Waals surface area contributed by atoms with Crippen LogP contribution in [0.2, 0.25) is 0 Å². The molecule has 0 bridgehead atoms. The summed E-state index contributed by atoms with van der Waals surface area (Å²) in [4.78, 5) is 5.53. The van der Waals surface area contributed by atoms with E-state index < -0.39 is 0 Å². The van der Waals surface area contributed by atoms with Crippen molar-refractivity contribution in [2.45, 2.75) is 19.9 Å². The van der Waals surface area contributed by atoms with E-state index in [0.29, 0.717) is 0 Å². The molecule has 4 heteroatoms. The summed E-state index contributed by atoms with van der Waals surface area (Å²) in [5, 5.41) is 5.36. The van der Waals surface area contributed by atoms with Gasteiger partial charge in [-0.15, -0.1) is 11.3 Å². The van der Waals surface area contributed by atoms with Crippen LogP contribution in [-0.4, -0.2) is 4.98 Å². The molecule has 2 aromatic rings. The predicted octanol–water partition coefficient (Wildman–Crippen LogP) is 3.20. The topological polar surface area (TPSA) is 38.9 Å². The van der Waals surface area contributed by atoms with Crippen molar-refractivity contribution in [1.29, 1.82) is 0 Å². The van der Waals surface area contributed by atoms with Crippen molar-refractivity contribution in [3.8, 4) is 10.6 Å². The van der Waals surface area contributed by atoms with Crippen LogP contribution in [0, 0.1) is 6.92 Å². The number of thiophene rings is 1. The number of hydrogen-bond donors (Lipinski definition) is 1. The van der Waals surface area contributed by atoms with E-state index in [0.717, 1.165) is 9.88 Å². The molecule has 14 heavy (non-hydrogen) atoms. The molecular weight excluding hydrogens is 212 g/mol. The van der Waals surface area contributed by atoms with Crippen LogP contribution < -0.4 is 5.73 Å². The maximum Gasteiger partial charge on any atom is 0.124 e. The molecule has 74 valence electrons. The third-order valence-corrected chi connectivity index (χ3v) is 4.15. The zero-order chi connectivity index (χ0) is 10.1. The Morgan fingerprint density at radius 1 is 1.43 bits per heavy atom. The van der Waals surface area contributed by atoms with Gasteiger partial charge in [0.25, 0.3) is 0 Å². The fourth-order valence-corrected chi connectivity index (χ4v) is 3.06. The first-order valence-electron chi connectivity index (χ1n) is 4.43. The van der Waals surface area contributed by atoms with Gasteiger partial charge in [0, 0.05) is 28.1 Å². The molecule has 1 atom stereocenters. The van der Waals surface area contributed by atoms with Gasteiger partial charge in [-0.3, -0.25) is 0 Å². The smallest absolute Gasteiger partial charge is 0.124 e. The Morgan fingerprint density at radius 3 is 2.71 bits per heavy atom. The van der Waals surface area contributed by atoms with Crippen molar-refractivity contribution >= 4 is 22.7 Å². The van der Waals surface area contributed by atoms with Crippen molar-refractivity contribution in [3.63, 3.8) is 0 Å². The van der Waals surface area contributed by atoms with Crippen LogP contribution in [0.3, 0.4) is 0 Å². The Morgan fingerprint density at radius 2 is 2.21 bits per heavy atom.